The van der Waals surface area contributed by atoms with Crippen molar-refractivity contribution in [1.29, 1.82) is 0 Å². The fourth-order valence-corrected chi connectivity index (χ4v) is 3.69. The highest BCUT2D eigenvalue weighted by Gasteiger charge is 2.36. The minimum Gasteiger partial charge on any atom is -0.495 e. The van der Waals surface area contributed by atoms with E-state index in [2.05, 4.69) is 0 Å². The molecule has 1 aromatic carbocycles. The van der Waals surface area contributed by atoms with Crippen LogP contribution in [0, 0.1) is 0 Å². The van der Waals surface area contributed by atoms with Gasteiger partial charge in [-0.3, -0.25) is 0 Å². The molecule has 0 atom stereocenters. The zero-order chi connectivity index (χ0) is 12.8. The van der Waals surface area contributed by atoms with Gasteiger partial charge in [0.05, 0.1) is 12.7 Å². The Hall–Kier alpha value is -1.33. The average Bonchev–Trinajstić information content (AvgIpc) is 2.51. The topological polar surface area (TPSA) is 63.6 Å². The molecule has 4 nitrogen and oxygen atoms in total. The number of rotatable bonds is 2. The predicted molar refractivity (Wildman–Crippen MR) is 64.5 cm³/mol. The Balaban J connectivity index is 2.78. The number of hydrogen-bond donors (Lipinski definition) is 1. The van der Waals surface area contributed by atoms with Crippen LogP contribution in [0.2, 0.25) is 0 Å². The third kappa shape index (κ3) is 1.85. The van der Waals surface area contributed by atoms with Gasteiger partial charge in [0.1, 0.15) is 10.6 Å². The van der Waals surface area contributed by atoms with Crippen molar-refractivity contribution in [1.82, 2.24) is 0 Å². The van der Waals surface area contributed by atoms with Crippen LogP contribution in [0.1, 0.15) is 19.4 Å². The van der Waals surface area contributed by atoms with Crippen LogP contribution >= 0.6 is 0 Å². The van der Waals surface area contributed by atoms with Crippen molar-refractivity contribution in [2.75, 3.05) is 7.11 Å². The molecule has 0 saturated heterocycles. The summed E-state index contributed by atoms with van der Waals surface area (Å²) in [7, 11) is -2.10. The maximum Gasteiger partial charge on any atom is 0.204 e. The SMILES string of the molecule is COc1cccc2c1S(=O)(=O)C=C2C(C)(C)O. The number of methoxy groups -OCH3 is 1. The van der Waals surface area contributed by atoms with E-state index in [9.17, 15) is 13.5 Å². The highest BCUT2D eigenvalue weighted by Crippen LogP contribution is 2.43. The normalized spacial score (nSPS) is 17.5. The van der Waals surface area contributed by atoms with Gasteiger partial charge < -0.3 is 9.84 Å². The Morgan fingerprint density at radius 2 is 1.94 bits per heavy atom. The number of ether oxygens (including phenoxy) is 1. The van der Waals surface area contributed by atoms with Gasteiger partial charge in [-0.1, -0.05) is 12.1 Å². The highest BCUT2D eigenvalue weighted by molar-refractivity contribution is 7.95. The molecule has 0 spiro atoms. The molecule has 1 heterocycles. The summed E-state index contributed by atoms with van der Waals surface area (Å²) in [5.74, 6) is 0.304. The summed E-state index contributed by atoms with van der Waals surface area (Å²) in [6.45, 7) is 3.12. The smallest absolute Gasteiger partial charge is 0.204 e. The van der Waals surface area contributed by atoms with Gasteiger partial charge in [-0.05, 0) is 19.9 Å². The van der Waals surface area contributed by atoms with Crippen LogP contribution in [0.5, 0.6) is 5.75 Å². The third-order valence-corrected chi connectivity index (χ3v) is 4.24. The van der Waals surface area contributed by atoms with Gasteiger partial charge in [0.2, 0.25) is 9.84 Å². The summed E-state index contributed by atoms with van der Waals surface area (Å²) < 4.78 is 29.1. The summed E-state index contributed by atoms with van der Waals surface area (Å²) in [5, 5.41) is 11.1. The van der Waals surface area contributed by atoms with Crippen molar-refractivity contribution in [2.45, 2.75) is 24.3 Å². The molecule has 1 aliphatic rings. The van der Waals surface area contributed by atoms with E-state index in [4.69, 9.17) is 4.74 Å². The number of sulfone groups is 1. The maximum absolute atomic E-state index is 12.0. The van der Waals surface area contributed by atoms with Crippen molar-refractivity contribution in [3.63, 3.8) is 0 Å². The standard InChI is InChI=1S/C12H14O4S/c1-12(2,13)9-7-17(14,15)11-8(9)5-4-6-10(11)16-3/h4-7,13H,1-3H3. The lowest BCUT2D eigenvalue weighted by atomic mass is 9.93. The van der Waals surface area contributed by atoms with Gasteiger partial charge >= 0.3 is 0 Å². The van der Waals surface area contributed by atoms with Crippen LogP contribution in [0.4, 0.5) is 0 Å². The minimum absolute atomic E-state index is 0.139. The molecule has 0 aromatic heterocycles. The summed E-state index contributed by atoms with van der Waals surface area (Å²) in [4.78, 5) is 0.139. The van der Waals surface area contributed by atoms with E-state index in [0.717, 1.165) is 5.41 Å². The molecule has 1 N–H and O–H groups in total. The molecule has 0 saturated carbocycles. The number of hydrogen-bond acceptors (Lipinski definition) is 4. The fraction of sp³-hybridized carbons (Fsp3) is 0.333. The van der Waals surface area contributed by atoms with Crippen molar-refractivity contribution >= 4 is 15.4 Å². The molecule has 0 aliphatic carbocycles. The van der Waals surface area contributed by atoms with Gasteiger partial charge in [-0.25, -0.2) is 8.42 Å². The molecule has 1 aromatic rings. The highest BCUT2D eigenvalue weighted by atomic mass is 32.2. The molecule has 0 amide bonds. The second kappa shape index (κ2) is 3.58. The van der Waals surface area contributed by atoms with Gasteiger partial charge in [0.15, 0.2) is 0 Å². The summed E-state index contributed by atoms with van der Waals surface area (Å²) in [6.07, 6.45) is 0. The van der Waals surface area contributed by atoms with E-state index >= 15 is 0 Å². The maximum atomic E-state index is 12.0. The number of fused-ring (bicyclic) bond motifs is 1. The van der Waals surface area contributed by atoms with Gasteiger partial charge in [-0.15, -0.1) is 0 Å². The first kappa shape index (κ1) is 12.1. The fourth-order valence-electron chi connectivity index (χ4n) is 1.93. The van der Waals surface area contributed by atoms with Crippen molar-refractivity contribution < 1.29 is 18.3 Å². The molecule has 1 aliphatic heterocycles. The molecule has 0 bridgehead atoms. The van der Waals surface area contributed by atoms with E-state index in [-0.39, 0.29) is 4.90 Å². The second-order valence-corrected chi connectivity index (χ2v) is 6.21. The molecule has 0 unspecified atom stereocenters. The Morgan fingerprint density at radius 3 is 2.47 bits per heavy atom. The van der Waals surface area contributed by atoms with Crippen LogP contribution in [0.15, 0.2) is 28.5 Å². The molecule has 2 rings (SSSR count). The summed E-state index contributed by atoms with van der Waals surface area (Å²) in [5.41, 5.74) is -0.298. The van der Waals surface area contributed by atoms with E-state index in [1.54, 1.807) is 32.0 Å². The molecule has 17 heavy (non-hydrogen) atoms. The van der Waals surface area contributed by atoms with E-state index in [1.165, 1.54) is 7.11 Å². The molecular weight excluding hydrogens is 240 g/mol. The lowest BCUT2D eigenvalue weighted by Crippen LogP contribution is -2.19. The van der Waals surface area contributed by atoms with Crippen molar-refractivity contribution in [3.8, 4) is 5.75 Å². The van der Waals surface area contributed by atoms with E-state index in [1.807, 2.05) is 0 Å². The monoisotopic (exact) mass is 254 g/mol. The molecular formula is C12H14O4S. The summed E-state index contributed by atoms with van der Waals surface area (Å²) in [6, 6.07) is 4.97. The van der Waals surface area contributed by atoms with Crippen LogP contribution in [0.25, 0.3) is 5.57 Å². The number of aliphatic hydroxyl groups is 1. The first-order valence-corrected chi connectivity index (χ1v) is 6.69. The Labute approximate surface area is 100 Å². The van der Waals surface area contributed by atoms with Crippen LogP contribution in [0.3, 0.4) is 0 Å². The molecule has 5 heteroatoms. The Morgan fingerprint density at radius 1 is 1.29 bits per heavy atom. The van der Waals surface area contributed by atoms with Crippen LogP contribution in [-0.4, -0.2) is 26.2 Å². The van der Waals surface area contributed by atoms with Crippen LogP contribution in [-0.2, 0) is 9.84 Å². The summed E-state index contributed by atoms with van der Waals surface area (Å²) >= 11 is 0. The lowest BCUT2D eigenvalue weighted by Gasteiger charge is -2.19. The van der Waals surface area contributed by atoms with Crippen molar-refractivity contribution in [2.24, 2.45) is 0 Å². The van der Waals surface area contributed by atoms with E-state index in [0.29, 0.717) is 16.9 Å². The predicted octanol–water partition coefficient (Wildman–Crippen LogP) is 1.59. The molecule has 0 radical (unpaired) electrons. The van der Waals surface area contributed by atoms with Gasteiger partial charge in [0.25, 0.3) is 0 Å². The second-order valence-electron chi connectivity index (χ2n) is 4.47. The first-order valence-electron chi connectivity index (χ1n) is 5.14. The van der Waals surface area contributed by atoms with Crippen LogP contribution < -0.4 is 4.74 Å². The lowest BCUT2D eigenvalue weighted by molar-refractivity contribution is 0.144. The third-order valence-electron chi connectivity index (χ3n) is 2.71. The Kier molecular flexibility index (Phi) is 2.56. The van der Waals surface area contributed by atoms with Gasteiger partial charge in [0, 0.05) is 16.5 Å². The Bertz CT molecular complexity index is 591. The van der Waals surface area contributed by atoms with Gasteiger partial charge in [-0.2, -0.15) is 0 Å². The molecule has 0 fully saturated rings. The molecule has 92 valence electrons. The van der Waals surface area contributed by atoms with E-state index < -0.39 is 15.4 Å². The average molecular weight is 254 g/mol. The minimum atomic E-state index is -3.53. The quantitative estimate of drug-likeness (QED) is 0.870. The zero-order valence-corrected chi connectivity index (χ0v) is 10.7. The zero-order valence-electron chi connectivity index (χ0n) is 9.89. The number of benzene rings is 1. The largest absolute Gasteiger partial charge is 0.495 e. The first-order chi connectivity index (χ1) is 7.77. The van der Waals surface area contributed by atoms with Crippen molar-refractivity contribution in [3.05, 3.63) is 29.2 Å².